The Labute approximate surface area is 128 Å². The van der Waals surface area contributed by atoms with E-state index in [1.165, 1.54) is 12.3 Å². The summed E-state index contributed by atoms with van der Waals surface area (Å²) in [6.45, 7) is 6.48. The number of rotatable bonds is 3. The van der Waals surface area contributed by atoms with Crippen molar-refractivity contribution in [3.8, 4) is 5.75 Å². The predicted molar refractivity (Wildman–Crippen MR) is 78.0 cm³/mol. The number of carbonyl (C=O) groups is 2. The second kappa shape index (κ2) is 6.21. The maximum atomic E-state index is 11.9. The summed E-state index contributed by atoms with van der Waals surface area (Å²) >= 11 is 0. The van der Waals surface area contributed by atoms with Crippen LogP contribution in [0.5, 0.6) is 5.75 Å². The number of carbonyl (C=O) groups excluding carboxylic acids is 1. The fraction of sp³-hybridized carbons (Fsp3) is 0.533. The molecule has 0 radical (unpaired) electrons. The van der Waals surface area contributed by atoms with E-state index in [1.807, 2.05) is 20.8 Å². The highest BCUT2D eigenvalue weighted by molar-refractivity contribution is 5.85. The Morgan fingerprint density at radius 2 is 2.09 bits per heavy atom. The summed E-state index contributed by atoms with van der Waals surface area (Å²) in [5.41, 5.74) is -0.554. The van der Waals surface area contributed by atoms with Crippen LogP contribution < -0.4 is 4.74 Å². The second-order valence-electron chi connectivity index (χ2n) is 6.14. The van der Waals surface area contributed by atoms with Crippen molar-refractivity contribution in [2.24, 2.45) is 0 Å². The van der Waals surface area contributed by atoms with Gasteiger partial charge in [-0.3, -0.25) is 0 Å². The van der Waals surface area contributed by atoms with Crippen molar-refractivity contribution >= 4 is 12.1 Å². The van der Waals surface area contributed by atoms with Gasteiger partial charge in [0, 0.05) is 13.0 Å². The topological polar surface area (TPSA) is 89.0 Å². The van der Waals surface area contributed by atoms with Gasteiger partial charge in [0.25, 0.3) is 0 Å². The minimum Gasteiger partial charge on any atom is -0.487 e. The predicted octanol–water partition coefficient (Wildman–Crippen LogP) is 2.17. The van der Waals surface area contributed by atoms with E-state index >= 15 is 0 Å². The van der Waals surface area contributed by atoms with Gasteiger partial charge >= 0.3 is 12.1 Å². The molecule has 1 aromatic heterocycles. The van der Waals surface area contributed by atoms with Crippen LogP contribution in [0.25, 0.3) is 0 Å². The molecule has 0 bridgehead atoms. The van der Waals surface area contributed by atoms with Crippen molar-refractivity contribution in [1.82, 2.24) is 9.88 Å². The molecule has 7 nitrogen and oxygen atoms in total. The number of carboxylic acid groups (broad SMARTS) is 1. The fourth-order valence-corrected chi connectivity index (χ4v) is 2.09. The Balaban J connectivity index is 1.88. The zero-order chi connectivity index (χ0) is 16.3. The number of pyridine rings is 1. The van der Waals surface area contributed by atoms with E-state index in [2.05, 4.69) is 4.98 Å². The minimum absolute atomic E-state index is 0.0332. The molecule has 1 N–H and O–H groups in total. The lowest BCUT2D eigenvalue weighted by Crippen LogP contribution is -2.36. The molecule has 1 aliphatic heterocycles. The normalized spacial score (nSPS) is 18.1. The summed E-state index contributed by atoms with van der Waals surface area (Å²) in [6, 6.07) is 2.95. The van der Waals surface area contributed by atoms with Crippen LogP contribution >= 0.6 is 0 Å². The zero-order valence-electron chi connectivity index (χ0n) is 12.9. The third-order valence-corrected chi connectivity index (χ3v) is 3.05. The maximum Gasteiger partial charge on any atom is 0.410 e. The third-order valence-electron chi connectivity index (χ3n) is 3.05. The highest BCUT2D eigenvalue weighted by atomic mass is 16.6. The first-order valence-corrected chi connectivity index (χ1v) is 7.08. The van der Waals surface area contributed by atoms with E-state index in [-0.39, 0.29) is 17.9 Å². The van der Waals surface area contributed by atoms with Crippen LogP contribution in [0.3, 0.4) is 0 Å². The summed E-state index contributed by atoms with van der Waals surface area (Å²) in [7, 11) is 0. The van der Waals surface area contributed by atoms with E-state index in [0.29, 0.717) is 25.3 Å². The highest BCUT2D eigenvalue weighted by Crippen LogP contribution is 2.20. The molecule has 0 aliphatic carbocycles. The highest BCUT2D eigenvalue weighted by Gasteiger charge is 2.30. The number of hydrogen-bond acceptors (Lipinski definition) is 5. The van der Waals surface area contributed by atoms with Crippen molar-refractivity contribution < 1.29 is 24.2 Å². The van der Waals surface area contributed by atoms with Gasteiger partial charge in [-0.1, -0.05) is 0 Å². The van der Waals surface area contributed by atoms with Crippen LogP contribution in [0.1, 0.15) is 37.7 Å². The summed E-state index contributed by atoms with van der Waals surface area (Å²) in [5.74, 6) is -0.593. The molecule has 0 aromatic carbocycles. The molecule has 0 saturated carbocycles. The van der Waals surface area contributed by atoms with Crippen LogP contribution in [-0.4, -0.2) is 51.8 Å². The number of ether oxygens (including phenoxy) is 2. The molecule has 2 heterocycles. The molecule has 1 unspecified atom stereocenters. The first kappa shape index (κ1) is 16.1. The molecule has 1 amide bonds. The number of aromatic carboxylic acids is 1. The minimum atomic E-state index is -1.08. The number of likely N-dealkylation sites (tertiary alicyclic amines) is 1. The van der Waals surface area contributed by atoms with Gasteiger partial charge in [0.1, 0.15) is 23.1 Å². The van der Waals surface area contributed by atoms with Crippen LogP contribution in [0, 0.1) is 0 Å². The lowest BCUT2D eigenvalue weighted by atomic mass is 10.2. The molecule has 1 saturated heterocycles. The number of hydrogen-bond donors (Lipinski definition) is 1. The molecule has 1 atom stereocenters. The van der Waals surface area contributed by atoms with Crippen molar-refractivity contribution in [2.45, 2.75) is 38.9 Å². The summed E-state index contributed by atoms with van der Waals surface area (Å²) in [4.78, 5) is 28.1. The molecule has 0 spiro atoms. The quantitative estimate of drug-likeness (QED) is 0.920. The summed E-state index contributed by atoms with van der Waals surface area (Å²) in [5, 5.41) is 8.79. The lowest BCUT2D eigenvalue weighted by Gasteiger charge is -2.24. The standard InChI is InChI=1S/C15H20N2O5/c1-15(2,3)22-14(20)17-7-6-11(9-17)21-10-4-5-12(13(18)19)16-8-10/h4-5,8,11H,6-7,9H2,1-3H3,(H,18,19). The Hall–Kier alpha value is -2.31. The molecular weight excluding hydrogens is 288 g/mol. The van der Waals surface area contributed by atoms with Crippen molar-refractivity contribution in [3.63, 3.8) is 0 Å². The van der Waals surface area contributed by atoms with Gasteiger partial charge in [0.05, 0.1) is 12.7 Å². The summed E-state index contributed by atoms with van der Waals surface area (Å²) < 4.78 is 11.0. The van der Waals surface area contributed by atoms with Gasteiger partial charge in [-0.05, 0) is 32.9 Å². The van der Waals surface area contributed by atoms with Gasteiger partial charge in [-0.15, -0.1) is 0 Å². The van der Waals surface area contributed by atoms with E-state index in [1.54, 1.807) is 11.0 Å². The molecular formula is C15H20N2O5. The van der Waals surface area contributed by atoms with Gasteiger partial charge in [-0.25, -0.2) is 14.6 Å². The molecule has 7 heteroatoms. The first-order valence-electron chi connectivity index (χ1n) is 7.08. The second-order valence-corrected chi connectivity index (χ2v) is 6.14. The monoisotopic (exact) mass is 308 g/mol. The van der Waals surface area contributed by atoms with Crippen molar-refractivity contribution in [3.05, 3.63) is 24.0 Å². The van der Waals surface area contributed by atoms with Gasteiger partial charge < -0.3 is 19.5 Å². The average molecular weight is 308 g/mol. The molecule has 22 heavy (non-hydrogen) atoms. The Kier molecular flexibility index (Phi) is 4.54. The number of carboxylic acids is 1. The van der Waals surface area contributed by atoms with Gasteiger partial charge in [0.2, 0.25) is 0 Å². The van der Waals surface area contributed by atoms with Crippen molar-refractivity contribution in [1.29, 1.82) is 0 Å². The van der Waals surface area contributed by atoms with E-state index in [9.17, 15) is 9.59 Å². The molecule has 1 fully saturated rings. The van der Waals surface area contributed by atoms with Crippen LogP contribution in [0.15, 0.2) is 18.3 Å². The smallest absolute Gasteiger partial charge is 0.410 e. The molecule has 1 aromatic rings. The fourth-order valence-electron chi connectivity index (χ4n) is 2.09. The van der Waals surface area contributed by atoms with Crippen LogP contribution in [-0.2, 0) is 4.74 Å². The van der Waals surface area contributed by atoms with Crippen LogP contribution in [0.4, 0.5) is 4.79 Å². The zero-order valence-corrected chi connectivity index (χ0v) is 12.9. The van der Waals surface area contributed by atoms with Gasteiger partial charge in [0.15, 0.2) is 0 Å². The molecule has 1 aliphatic rings. The molecule has 2 rings (SSSR count). The average Bonchev–Trinajstić information content (AvgIpc) is 2.86. The third kappa shape index (κ3) is 4.34. The Bertz CT molecular complexity index is 550. The largest absolute Gasteiger partial charge is 0.487 e. The molecule has 120 valence electrons. The Morgan fingerprint density at radius 3 is 2.64 bits per heavy atom. The van der Waals surface area contributed by atoms with E-state index in [0.717, 1.165) is 0 Å². The number of amides is 1. The van der Waals surface area contributed by atoms with Crippen molar-refractivity contribution in [2.75, 3.05) is 13.1 Å². The lowest BCUT2D eigenvalue weighted by molar-refractivity contribution is 0.0275. The van der Waals surface area contributed by atoms with E-state index in [4.69, 9.17) is 14.6 Å². The first-order chi connectivity index (χ1) is 10.2. The SMILES string of the molecule is CC(C)(C)OC(=O)N1CCC(Oc2ccc(C(=O)O)nc2)C1. The number of nitrogens with zero attached hydrogens (tertiary/aromatic N) is 2. The van der Waals surface area contributed by atoms with Gasteiger partial charge in [-0.2, -0.15) is 0 Å². The van der Waals surface area contributed by atoms with E-state index < -0.39 is 11.6 Å². The maximum absolute atomic E-state index is 11.9. The summed E-state index contributed by atoms with van der Waals surface area (Å²) in [6.07, 6.45) is 1.57. The number of aromatic nitrogens is 1. The van der Waals surface area contributed by atoms with Crippen LogP contribution in [0.2, 0.25) is 0 Å². The Morgan fingerprint density at radius 1 is 1.36 bits per heavy atom.